The van der Waals surface area contributed by atoms with Gasteiger partial charge in [-0.3, -0.25) is 19.9 Å². The van der Waals surface area contributed by atoms with Gasteiger partial charge < -0.3 is 11.1 Å². The Labute approximate surface area is 168 Å². The molecule has 4 N–H and O–H groups in total. The molecule has 1 atom stereocenters. The van der Waals surface area contributed by atoms with Crippen molar-refractivity contribution < 1.29 is 4.79 Å². The van der Waals surface area contributed by atoms with Gasteiger partial charge in [0, 0.05) is 37.4 Å². The maximum Gasteiger partial charge on any atom is 0.259 e. The molecule has 0 saturated heterocycles. The van der Waals surface area contributed by atoms with Crippen LogP contribution >= 0.6 is 0 Å². The molecular formula is C20H24N8O. The molecule has 0 bridgehead atoms. The molecule has 3 heterocycles. The molecule has 3 rings (SSSR count). The monoisotopic (exact) mass is 392 g/mol. The molecule has 0 aliphatic carbocycles. The summed E-state index contributed by atoms with van der Waals surface area (Å²) in [4.78, 5) is 25.0. The number of hydrogen-bond donors (Lipinski definition) is 3. The molecule has 0 saturated carbocycles. The van der Waals surface area contributed by atoms with Crippen LogP contribution < -0.4 is 11.1 Å². The normalized spacial score (nSPS) is 13.1. The third-order valence-electron chi connectivity index (χ3n) is 5.21. The van der Waals surface area contributed by atoms with Crippen molar-refractivity contribution in [1.29, 1.82) is 5.41 Å². The zero-order chi connectivity index (χ0) is 21.2. The Kier molecular flexibility index (Phi) is 5.40. The van der Waals surface area contributed by atoms with E-state index in [1.54, 1.807) is 36.5 Å². The molecule has 9 heteroatoms. The number of aromatic nitrogens is 5. The number of rotatable bonds is 5. The molecule has 0 aliphatic heterocycles. The van der Waals surface area contributed by atoms with Crippen molar-refractivity contribution in [3.05, 3.63) is 54.2 Å². The van der Waals surface area contributed by atoms with Gasteiger partial charge in [-0.2, -0.15) is 5.10 Å². The third-order valence-corrected chi connectivity index (χ3v) is 5.21. The zero-order valence-corrected chi connectivity index (χ0v) is 16.8. The number of nitrogens with zero attached hydrogens (tertiary/aromatic N) is 5. The Morgan fingerprint density at radius 3 is 2.38 bits per heavy atom. The molecule has 0 radical (unpaired) electrons. The minimum atomic E-state index is -0.735. The van der Waals surface area contributed by atoms with Crippen LogP contribution in [0.15, 0.2) is 43.1 Å². The average Bonchev–Trinajstić information content (AvgIpc) is 3.14. The Hall–Kier alpha value is -3.62. The second-order valence-corrected chi connectivity index (χ2v) is 7.35. The number of nitrogens with two attached hydrogens (primary N) is 1. The topological polar surface area (TPSA) is 135 Å². The number of amides is 1. The Bertz CT molecular complexity index is 1020. The van der Waals surface area contributed by atoms with Crippen molar-refractivity contribution in [1.82, 2.24) is 30.0 Å². The number of nitrogens with one attached hydrogen (secondary N) is 2. The van der Waals surface area contributed by atoms with Crippen LogP contribution in [0.25, 0.3) is 11.3 Å². The highest BCUT2D eigenvalue weighted by Gasteiger charge is 2.37. The number of amidine groups is 1. The van der Waals surface area contributed by atoms with Crippen molar-refractivity contribution >= 4 is 17.7 Å². The van der Waals surface area contributed by atoms with E-state index in [4.69, 9.17) is 11.1 Å². The number of carbonyl (C=O) groups excluding carboxylic acids is 1. The molecule has 3 aromatic rings. The summed E-state index contributed by atoms with van der Waals surface area (Å²) in [5.41, 5.74) is 7.47. The van der Waals surface area contributed by atoms with E-state index >= 15 is 0 Å². The van der Waals surface area contributed by atoms with E-state index in [1.165, 1.54) is 6.20 Å². The quantitative estimate of drug-likeness (QED) is 0.450. The lowest BCUT2D eigenvalue weighted by molar-refractivity contribution is 0.0973. The summed E-state index contributed by atoms with van der Waals surface area (Å²) in [6.45, 7) is 5.94. The van der Waals surface area contributed by atoms with Gasteiger partial charge in [-0.1, -0.05) is 19.9 Å². The summed E-state index contributed by atoms with van der Waals surface area (Å²) in [5, 5.41) is 15.3. The number of nitrogen functional groups attached to an aromatic ring is 1. The lowest BCUT2D eigenvalue weighted by Gasteiger charge is -2.34. The summed E-state index contributed by atoms with van der Waals surface area (Å²) in [6, 6.07) is 3.75. The van der Waals surface area contributed by atoms with E-state index in [0.29, 0.717) is 11.3 Å². The second-order valence-electron chi connectivity index (χ2n) is 7.35. The first kappa shape index (κ1) is 20.1. The second kappa shape index (κ2) is 7.78. The molecule has 29 heavy (non-hydrogen) atoms. The van der Waals surface area contributed by atoms with Crippen molar-refractivity contribution in [2.24, 2.45) is 13.0 Å². The average molecular weight is 392 g/mol. The van der Waals surface area contributed by atoms with Crippen LogP contribution in [0.1, 0.15) is 36.7 Å². The third kappa shape index (κ3) is 3.98. The van der Waals surface area contributed by atoms with Crippen molar-refractivity contribution in [3.8, 4) is 11.3 Å². The highest BCUT2D eigenvalue weighted by atomic mass is 16.1. The van der Waals surface area contributed by atoms with Gasteiger partial charge in [0.05, 0.1) is 22.9 Å². The number of pyridine rings is 1. The van der Waals surface area contributed by atoms with Gasteiger partial charge in [0.1, 0.15) is 5.84 Å². The Morgan fingerprint density at radius 2 is 1.86 bits per heavy atom. The molecule has 3 aromatic heterocycles. The molecule has 0 unspecified atom stereocenters. The number of anilines is 1. The highest BCUT2D eigenvalue weighted by molar-refractivity contribution is 6.08. The predicted molar refractivity (Wildman–Crippen MR) is 110 cm³/mol. The smallest absolute Gasteiger partial charge is 0.259 e. The van der Waals surface area contributed by atoms with Crippen LogP contribution in [0.5, 0.6) is 0 Å². The van der Waals surface area contributed by atoms with Crippen LogP contribution in [-0.4, -0.2) is 36.5 Å². The van der Waals surface area contributed by atoms with Crippen LogP contribution in [0.3, 0.4) is 0 Å². The lowest BCUT2D eigenvalue weighted by atomic mass is 9.72. The lowest BCUT2D eigenvalue weighted by Crippen LogP contribution is -2.47. The summed E-state index contributed by atoms with van der Waals surface area (Å²) in [6.07, 6.45) is 8.03. The molecule has 1 amide bonds. The largest absolute Gasteiger partial charge is 0.368 e. The molecule has 0 spiro atoms. The van der Waals surface area contributed by atoms with E-state index in [2.05, 4.69) is 25.4 Å². The van der Waals surface area contributed by atoms with Gasteiger partial charge in [0.25, 0.3) is 5.91 Å². The van der Waals surface area contributed by atoms with E-state index in [-0.39, 0.29) is 23.6 Å². The van der Waals surface area contributed by atoms with Gasteiger partial charge in [0.2, 0.25) is 5.95 Å². The van der Waals surface area contributed by atoms with E-state index in [9.17, 15) is 4.79 Å². The maximum absolute atomic E-state index is 12.5. The molecule has 0 aromatic carbocycles. The molecular weight excluding hydrogens is 368 g/mol. The van der Waals surface area contributed by atoms with Gasteiger partial charge in [-0.05, 0) is 24.5 Å². The summed E-state index contributed by atoms with van der Waals surface area (Å²) < 4.78 is 1.55. The Balaban J connectivity index is 1.86. The fourth-order valence-corrected chi connectivity index (χ4v) is 2.96. The van der Waals surface area contributed by atoms with Crippen LogP contribution in [0.2, 0.25) is 0 Å². The molecule has 0 aliphatic rings. The first-order chi connectivity index (χ1) is 13.7. The van der Waals surface area contributed by atoms with E-state index < -0.39 is 5.41 Å². The zero-order valence-electron chi connectivity index (χ0n) is 16.8. The maximum atomic E-state index is 12.5. The molecule has 0 fully saturated rings. The minimum Gasteiger partial charge on any atom is -0.368 e. The van der Waals surface area contributed by atoms with E-state index in [0.717, 1.165) is 11.1 Å². The van der Waals surface area contributed by atoms with E-state index in [1.807, 2.05) is 32.9 Å². The summed E-state index contributed by atoms with van der Waals surface area (Å²) >= 11 is 0. The number of carbonyl (C=O) groups is 1. The van der Waals surface area contributed by atoms with Crippen LogP contribution in [0.4, 0.5) is 5.95 Å². The SMILES string of the molecule is CC(C)[C@](C)(C(=N)NC(=O)c1cnn(C)c1)c1ccc(-c2cnc(N)nc2)nc1. The van der Waals surface area contributed by atoms with Crippen molar-refractivity contribution in [2.75, 3.05) is 5.73 Å². The Morgan fingerprint density at radius 1 is 1.17 bits per heavy atom. The van der Waals surface area contributed by atoms with Gasteiger partial charge >= 0.3 is 0 Å². The number of aryl methyl sites for hydroxylation is 1. The highest BCUT2D eigenvalue weighted by Crippen LogP contribution is 2.33. The van der Waals surface area contributed by atoms with Gasteiger partial charge in [-0.25, -0.2) is 9.97 Å². The fraction of sp³-hybridized carbons (Fsp3) is 0.300. The predicted octanol–water partition coefficient (Wildman–Crippen LogP) is 2.18. The first-order valence-electron chi connectivity index (χ1n) is 9.15. The summed E-state index contributed by atoms with van der Waals surface area (Å²) in [5.74, 6) is -0.0161. The molecule has 9 nitrogen and oxygen atoms in total. The van der Waals surface area contributed by atoms with Crippen LogP contribution in [-0.2, 0) is 12.5 Å². The van der Waals surface area contributed by atoms with Gasteiger partial charge in [-0.15, -0.1) is 0 Å². The van der Waals surface area contributed by atoms with Crippen molar-refractivity contribution in [2.45, 2.75) is 26.2 Å². The van der Waals surface area contributed by atoms with Crippen LogP contribution in [0, 0.1) is 11.3 Å². The van der Waals surface area contributed by atoms with Gasteiger partial charge in [0.15, 0.2) is 0 Å². The molecule has 150 valence electrons. The number of hydrogen-bond acceptors (Lipinski definition) is 7. The fourth-order valence-electron chi connectivity index (χ4n) is 2.96. The minimum absolute atomic E-state index is 0.0386. The van der Waals surface area contributed by atoms with Crippen molar-refractivity contribution in [3.63, 3.8) is 0 Å². The first-order valence-corrected chi connectivity index (χ1v) is 9.15. The summed E-state index contributed by atoms with van der Waals surface area (Å²) in [7, 11) is 1.74. The standard InChI is InChI=1S/C20H24N8O/c1-12(2)20(3,18(21)27-17(29)14-9-26-28(4)11-14)15-5-6-16(23-10-15)13-7-24-19(22)25-8-13/h5-12H,1-4H3,(H2,21,27,29)(H2,22,24,25)/t20-/m0/s1.